The van der Waals surface area contributed by atoms with Crippen LogP contribution in [0.5, 0.6) is 0 Å². The second-order valence-corrected chi connectivity index (χ2v) is 3.09. The first-order chi connectivity index (χ1) is 7.43. The summed E-state index contributed by atoms with van der Waals surface area (Å²) in [6, 6.07) is 3.80. The van der Waals surface area contributed by atoms with Crippen LogP contribution in [0.4, 0.5) is 0 Å². The predicted octanol–water partition coefficient (Wildman–Crippen LogP) is 1.41. The molecule has 0 unspecified atom stereocenters. The SMILES string of the molecule is c1cnc2nc(-c3cncnc3)[nH]c2c1. The van der Waals surface area contributed by atoms with E-state index in [-0.39, 0.29) is 0 Å². The van der Waals surface area contributed by atoms with Gasteiger partial charge in [-0.1, -0.05) is 0 Å². The average Bonchev–Trinajstić information content (AvgIpc) is 2.74. The molecule has 72 valence electrons. The van der Waals surface area contributed by atoms with E-state index in [2.05, 4.69) is 24.9 Å². The molecule has 0 radical (unpaired) electrons. The molecule has 5 heteroatoms. The molecule has 0 saturated heterocycles. The minimum absolute atomic E-state index is 0.705. The van der Waals surface area contributed by atoms with Gasteiger partial charge >= 0.3 is 0 Å². The van der Waals surface area contributed by atoms with E-state index in [9.17, 15) is 0 Å². The van der Waals surface area contributed by atoms with Gasteiger partial charge in [0.2, 0.25) is 0 Å². The van der Waals surface area contributed by atoms with Gasteiger partial charge in [0.05, 0.1) is 11.1 Å². The van der Waals surface area contributed by atoms with Crippen molar-refractivity contribution in [3.63, 3.8) is 0 Å². The lowest BCUT2D eigenvalue weighted by Crippen LogP contribution is -1.83. The molecule has 3 rings (SSSR count). The van der Waals surface area contributed by atoms with Gasteiger partial charge in [0.1, 0.15) is 12.2 Å². The summed E-state index contributed by atoms with van der Waals surface area (Å²) in [7, 11) is 0. The van der Waals surface area contributed by atoms with Gasteiger partial charge in [-0.15, -0.1) is 0 Å². The monoisotopic (exact) mass is 197 g/mol. The zero-order chi connectivity index (χ0) is 10.1. The molecule has 0 atom stereocenters. The Labute approximate surface area is 85.3 Å². The van der Waals surface area contributed by atoms with Crippen LogP contribution in [0.2, 0.25) is 0 Å². The summed E-state index contributed by atoms with van der Waals surface area (Å²) < 4.78 is 0. The Morgan fingerprint density at radius 2 is 2.00 bits per heavy atom. The van der Waals surface area contributed by atoms with Gasteiger partial charge in [0.15, 0.2) is 5.65 Å². The number of aromatic amines is 1. The highest BCUT2D eigenvalue weighted by Gasteiger charge is 2.04. The Morgan fingerprint density at radius 1 is 1.13 bits per heavy atom. The van der Waals surface area contributed by atoms with Crippen LogP contribution >= 0.6 is 0 Å². The molecule has 0 aliphatic carbocycles. The molecular weight excluding hydrogens is 190 g/mol. The number of rotatable bonds is 1. The van der Waals surface area contributed by atoms with Crippen LogP contribution in [-0.4, -0.2) is 24.9 Å². The van der Waals surface area contributed by atoms with E-state index >= 15 is 0 Å². The van der Waals surface area contributed by atoms with Gasteiger partial charge in [-0.3, -0.25) is 0 Å². The lowest BCUT2D eigenvalue weighted by Gasteiger charge is -1.91. The van der Waals surface area contributed by atoms with Crippen LogP contribution in [0.15, 0.2) is 37.1 Å². The normalized spacial score (nSPS) is 10.7. The second-order valence-electron chi connectivity index (χ2n) is 3.09. The molecular formula is C10H7N5. The second kappa shape index (κ2) is 3.13. The van der Waals surface area contributed by atoms with Gasteiger partial charge in [0.25, 0.3) is 0 Å². The summed E-state index contributed by atoms with van der Waals surface area (Å²) in [5, 5.41) is 0. The van der Waals surface area contributed by atoms with Crippen molar-refractivity contribution >= 4 is 11.2 Å². The summed E-state index contributed by atoms with van der Waals surface area (Å²) in [5.41, 5.74) is 2.48. The third-order valence-corrected chi connectivity index (χ3v) is 2.09. The van der Waals surface area contributed by atoms with Gasteiger partial charge in [-0.2, -0.15) is 0 Å². The zero-order valence-corrected chi connectivity index (χ0v) is 7.75. The number of H-pyrrole nitrogens is 1. The maximum Gasteiger partial charge on any atom is 0.178 e. The quantitative estimate of drug-likeness (QED) is 0.640. The van der Waals surface area contributed by atoms with Crippen molar-refractivity contribution < 1.29 is 0 Å². The van der Waals surface area contributed by atoms with Crippen molar-refractivity contribution in [2.75, 3.05) is 0 Å². The number of imidazole rings is 1. The Hall–Kier alpha value is -2.30. The van der Waals surface area contributed by atoms with E-state index in [0.29, 0.717) is 5.65 Å². The molecule has 0 bridgehead atoms. The van der Waals surface area contributed by atoms with Gasteiger partial charge < -0.3 is 4.98 Å². The van der Waals surface area contributed by atoms with Crippen LogP contribution in [0.1, 0.15) is 0 Å². The molecule has 3 aromatic heterocycles. The fourth-order valence-electron chi connectivity index (χ4n) is 1.40. The first-order valence-electron chi connectivity index (χ1n) is 4.49. The van der Waals surface area contributed by atoms with Crippen LogP contribution in [0.25, 0.3) is 22.6 Å². The number of nitrogens with one attached hydrogen (secondary N) is 1. The molecule has 15 heavy (non-hydrogen) atoms. The van der Waals surface area contributed by atoms with E-state index in [1.165, 1.54) is 6.33 Å². The standard InChI is InChI=1S/C10H7N5/c1-2-8-10(13-3-1)15-9(14-8)7-4-11-6-12-5-7/h1-6H,(H,13,14,15). The molecule has 0 aliphatic rings. The molecule has 0 aromatic carbocycles. The highest BCUT2D eigenvalue weighted by molar-refractivity contribution is 5.75. The van der Waals surface area contributed by atoms with E-state index in [1.807, 2.05) is 12.1 Å². The minimum atomic E-state index is 0.705. The smallest absolute Gasteiger partial charge is 0.178 e. The number of hydrogen-bond donors (Lipinski definition) is 1. The van der Waals surface area contributed by atoms with Crippen molar-refractivity contribution in [3.05, 3.63) is 37.1 Å². The number of fused-ring (bicyclic) bond motifs is 1. The molecule has 5 nitrogen and oxygen atoms in total. The number of pyridine rings is 1. The van der Waals surface area contributed by atoms with E-state index in [0.717, 1.165) is 16.9 Å². The van der Waals surface area contributed by atoms with E-state index in [1.54, 1.807) is 18.6 Å². The Balaban J connectivity index is 2.21. The minimum Gasteiger partial charge on any atom is -0.336 e. The van der Waals surface area contributed by atoms with Crippen molar-refractivity contribution in [1.82, 2.24) is 24.9 Å². The lowest BCUT2D eigenvalue weighted by molar-refractivity contribution is 1.15. The Morgan fingerprint density at radius 3 is 2.80 bits per heavy atom. The first kappa shape index (κ1) is 8.05. The molecule has 0 amide bonds. The van der Waals surface area contributed by atoms with Crippen molar-refractivity contribution in [2.24, 2.45) is 0 Å². The number of nitrogens with zero attached hydrogens (tertiary/aromatic N) is 4. The highest BCUT2D eigenvalue weighted by atomic mass is 15.0. The fourth-order valence-corrected chi connectivity index (χ4v) is 1.40. The summed E-state index contributed by atoms with van der Waals surface area (Å²) in [6.07, 6.45) is 6.63. The molecule has 0 fully saturated rings. The summed E-state index contributed by atoms with van der Waals surface area (Å²) in [6.45, 7) is 0. The predicted molar refractivity (Wildman–Crippen MR) is 54.9 cm³/mol. The van der Waals surface area contributed by atoms with Gasteiger partial charge in [-0.05, 0) is 12.1 Å². The highest BCUT2D eigenvalue weighted by Crippen LogP contribution is 2.16. The van der Waals surface area contributed by atoms with E-state index < -0.39 is 0 Å². The molecule has 0 saturated carbocycles. The average molecular weight is 197 g/mol. The van der Waals surface area contributed by atoms with Crippen LogP contribution < -0.4 is 0 Å². The third kappa shape index (κ3) is 1.34. The van der Waals surface area contributed by atoms with Crippen LogP contribution in [0, 0.1) is 0 Å². The van der Waals surface area contributed by atoms with Crippen molar-refractivity contribution in [3.8, 4) is 11.4 Å². The molecule has 1 N–H and O–H groups in total. The lowest BCUT2D eigenvalue weighted by atomic mass is 10.3. The molecule has 0 spiro atoms. The Bertz CT molecular complexity index is 554. The largest absolute Gasteiger partial charge is 0.336 e. The summed E-state index contributed by atoms with van der Waals surface area (Å²) in [4.78, 5) is 19.5. The Kier molecular flexibility index (Phi) is 1.68. The molecule has 3 heterocycles. The maximum absolute atomic E-state index is 4.34. The van der Waals surface area contributed by atoms with Crippen molar-refractivity contribution in [1.29, 1.82) is 0 Å². The maximum atomic E-state index is 4.34. The third-order valence-electron chi connectivity index (χ3n) is 2.09. The number of hydrogen-bond acceptors (Lipinski definition) is 4. The van der Waals surface area contributed by atoms with Gasteiger partial charge in [-0.25, -0.2) is 19.9 Å². The number of aromatic nitrogens is 5. The van der Waals surface area contributed by atoms with Crippen LogP contribution in [-0.2, 0) is 0 Å². The van der Waals surface area contributed by atoms with Crippen molar-refractivity contribution in [2.45, 2.75) is 0 Å². The topological polar surface area (TPSA) is 67.3 Å². The molecule has 3 aromatic rings. The van der Waals surface area contributed by atoms with Gasteiger partial charge in [0, 0.05) is 18.6 Å². The summed E-state index contributed by atoms with van der Waals surface area (Å²) >= 11 is 0. The fraction of sp³-hybridized carbons (Fsp3) is 0. The van der Waals surface area contributed by atoms with Crippen LogP contribution in [0.3, 0.4) is 0 Å². The first-order valence-corrected chi connectivity index (χ1v) is 4.49. The van der Waals surface area contributed by atoms with E-state index in [4.69, 9.17) is 0 Å². The summed E-state index contributed by atoms with van der Waals surface area (Å²) in [5.74, 6) is 0.740. The molecule has 0 aliphatic heterocycles. The zero-order valence-electron chi connectivity index (χ0n) is 7.75.